The summed E-state index contributed by atoms with van der Waals surface area (Å²) in [6.45, 7) is 7.50. The van der Waals surface area contributed by atoms with Gasteiger partial charge in [-0.3, -0.25) is 0 Å². The molecule has 0 amide bonds. The maximum Gasteiger partial charge on any atom is 0.349 e. The van der Waals surface area contributed by atoms with Crippen molar-refractivity contribution in [3.8, 4) is 11.8 Å². The zero-order valence-corrected chi connectivity index (χ0v) is 15.8. The molecule has 3 rings (SSSR count). The predicted molar refractivity (Wildman–Crippen MR) is 105 cm³/mol. The van der Waals surface area contributed by atoms with Crippen LogP contribution in [0, 0.1) is 11.3 Å². The first-order chi connectivity index (χ1) is 13.1. The standard InChI is InChI=1S/C22H22N2O3/c1-4-24(5-2)20-13-17(18(14-23)22(25)26-6-3)21-16-10-8-7-9-15(16)11-12-19(21)27-20/h7-13H,4-6H2,1-3H3/b18-17+. The maximum absolute atomic E-state index is 12.4. The van der Waals surface area contributed by atoms with E-state index in [9.17, 15) is 10.1 Å². The summed E-state index contributed by atoms with van der Waals surface area (Å²) in [6, 6.07) is 13.8. The first-order valence-electron chi connectivity index (χ1n) is 9.12. The topological polar surface area (TPSA) is 62.6 Å². The smallest absolute Gasteiger partial charge is 0.349 e. The van der Waals surface area contributed by atoms with Crippen molar-refractivity contribution in [1.82, 2.24) is 4.90 Å². The quantitative estimate of drug-likeness (QED) is 0.452. The summed E-state index contributed by atoms with van der Waals surface area (Å²) in [6.07, 6.45) is 1.78. The molecule has 1 heterocycles. The summed E-state index contributed by atoms with van der Waals surface area (Å²) in [5.41, 5.74) is 1.27. The Balaban J connectivity index is 2.32. The Morgan fingerprint density at radius 3 is 2.56 bits per heavy atom. The van der Waals surface area contributed by atoms with E-state index in [1.54, 1.807) is 13.0 Å². The first kappa shape index (κ1) is 18.5. The van der Waals surface area contributed by atoms with Crippen LogP contribution in [0.15, 0.2) is 53.9 Å². The Hall–Kier alpha value is -3.26. The van der Waals surface area contributed by atoms with E-state index >= 15 is 0 Å². The number of esters is 1. The molecule has 0 fully saturated rings. The number of hydrogen-bond donors (Lipinski definition) is 0. The van der Waals surface area contributed by atoms with Crippen molar-refractivity contribution < 1.29 is 14.3 Å². The molecule has 27 heavy (non-hydrogen) atoms. The Kier molecular flexibility index (Phi) is 5.46. The van der Waals surface area contributed by atoms with Crippen LogP contribution in [0.1, 0.15) is 26.3 Å². The third-order valence-electron chi connectivity index (χ3n) is 4.58. The Bertz CT molecular complexity index is 979. The number of fused-ring (bicyclic) bond motifs is 3. The monoisotopic (exact) mass is 362 g/mol. The highest BCUT2D eigenvalue weighted by Gasteiger charge is 2.27. The number of benzene rings is 2. The van der Waals surface area contributed by atoms with Crippen molar-refractivity contribution in [2.45, 2.75) is 20.8 Å². The molecule has 1 aliphatic heterocycles. The van der Waals surface area contributed by atoms with Crippen LogP contribution >= 0.6 is 0 Å². The van der Waals surface area contributed by atoms with Crippen LogP contribution in [0.2, 0.25) is 0 Å². The second kappa shape index (κ2) is 7.96. The van der Waals surface area contributed by atoms with Crippen LogP contribution in [0.5, 0.6) is 5.75 Å². The van der Waals surface area contributed by atoms with Crippen LogP contribution < -0.4 is 4.74 Å². The third kappa shape index (κ3) is 3.39. The molecule has 5 nitrogen and oxygen atoms in total. The van der Waals surface area contributed by atoms with Gasteiger partial charge in [0.2, 0.25) is 0 Å². The minimum atomic E-state index is -0.620. The van der Waals surface area contributed by atoms with Gasteiger partial charge in [0.1, 0.15) is 17.4 Å². The van der Waals surface area contributed by atoms with Gasteiger partial charge in [-0.05, 0) is 37.6 Å². The lowest BCUT2D eigenvalue weighted by molar-refractivity contribution is -0.137. The normalized spacial score (nSPS) is 14.5. The minimum Gasteiger partial charge on any atom is -0.462 e. The molecule has 0 atom stereocenters. The van der Waals surface area contributed by atoms with Crippen molar-refractivity contribution in [2.75, 3.05) is 19.7 Å². The molecule has 0 bridgehead atoms. The lowest BCUT2D eigenvalue weighted by Crippen LogP contribution is -2.27. The zero-order valence-electron chi connectivity index (χ0n) is 15.8. The highest BCUT2D eigenvalue weighted by molar-refractivity contribution is 6.09. The average Bonchev–Trinajstić information content (AvgIpc) is 2.69. The summed E-state index contributed by atoms with van der Waals surface area (Å²) in [5.74, 6) is 0.630. The van der Waals surface area contributed by atoms with Crippen molar-refractivity contribution in [1.29, 1.82) is 5.26 Å². The third-order valence-corrected chi connectivity index (χ3v) is 4.58. The number of hydrogen-bond acceptors (Lipinski definition) is 5. The van der Waals surface area contributed by atoms with E-state index in [-0.39, 0.29) is 12.2 Å². The van der Waals surface area contributed by atoms with Gasteiger partial charge >= 0.3 is 5.97 Å². The number of nitriles is 1. The lowest BCUT2D eigenvalue weighted by Gasteiger charge is -2.29. The van der Waals surface area contributed by atoms with Gasteiger partial charge in [0.15, 0.2) is 5.88 Å². The molecule has 1 aliphatic rings. The SMILES string of the molecule is CCOC(=O)/C(C#N)=C1\C=C(N(CC)CC)Oc2ccc3ccccc3c21. The minimum absolute atomic E-state index is 0.0117. The maximum atomic E-state index is 12.4. The predicted octanol–water partition coefficient (Wildman–Crippen LogP) is 4.26. The largest absolute Gasteiger partial charge is 0.462 e. The summed E-state index contributed by atoms with van der Waals surface area (Å²) >= 11 is 0. The molecule has 0 saturated carbocycles. The highest BCUT2D eigenvalue weighted by Crippen LogP contribution is 2.41. The first-order valence-corrected chi connectivity index (χ1v) is 9.12. The number of allylic oxidation sites excluding steroid dienone is 2. The second-order valence-electron chi connectivity index (χ2n) is 6.04. The van der Waals surface area contributed by atoms with E-state index in [2.05, 4.69) is 0 Å². The molecule has 0 saturated heterocycles. The summed E-state index contributed by atoms with van der Waals surface area (Å²) in [4.78, 5) is 14.5. The van der Waals surface area contributed by atoms with Gasteiger partial charge in [-0.1, -0.05) is 30.3 Å². The number of rotatable bonds is 5. The fourth-order valence-corrected chi connectivity index (χ4v) is 3.26. The zero-order chi connectivity index (χ0) is 19.4. The molecule has 0 N–H and O–H groups in total. The van der Waals surface area contributed by atoms with E-state index < -0.39 is 5.97 Å². The number of carbonyl (C=O) groups excluding carboxylic acids is 1. The van der Waals surface area contributed by atoms with Crippen molar-refractivity contribution in [2.24, 2.45) is 0 Å². The van der Waals surface area contributed by atoms with Gasteiger partial charge in [-0.25, -0.2) is 4.79 Å². The molecule has 138 valence electrons. The van der Waals surface area contributed by atoms with Gasteiger partial charge in [0, 0.05) is 30.3 Å². The molecular formula is C22H22N2O3. The molecule has 0 unspecified atom stereocenters. The van der Waals surface area contributed by atoms with Crippen molar-refractivity contribution in [3.05, 3.63) is 59.5 Å². The molecule has 0 aromatic heterocycles. The molecule has 2 aromatic rings. The number of ether oxygens (including phenoxy) is 2. The molecule has 0 radical (unpaired) electrons. The van der Waals surface area contributed by atoms with E-state index in [0.29, 0.717) is 17.2 Å². The highest BCUT2D eigenvalue weighted by atomic mass is 16.5. The van der Waals surface area contributed by atoms with E-state index in [1.165, 1.54) is 0 Å². The fourth-order valence-electron chi connectivity index (χ4n) is 3.26. The van der Waals surface area contributed by atoms with Crippen LogP contribution in [0.3, 0.4) is 0 Å². The van der Waals surface area contributed by atoms with Gasteiger partial charge < -0.3 is 14.4 Å². The van der Waals surface area contributed by atoms with Crippen LogP contribution in [-0.4, -0.2) is 30.6 Å². The Morgan fingerprint density at radius 1 is 1.15 bits per heavy atom. The Morgan fingerprint density at radius 2 is 1.89 bits per heavy atom. The second-order valence-corrected chi connectivity index (χ2v) is 6.04. The lowest BCUT2D eigenvalue weighted by atomic mass is 9.92. The average molecular weight is 362 g/mol. The van der Waals surface area contributed by atoms with Gasteiger partial charge in [0.05, 0.1) is 6.61 Å². The van der Waals surface area contributed by atoms with Crippen LogP contribution in [-0.2, 0) is 9.53 Å². The van der Waals surface area contributed by atoms with Crippen molar-refractivity contribution >= 4 is 22.3 Å². The molecule has 0 spiro atoms. The molecule has 0 aliphatic carbocycles. The van der Waals surface area contributed by atoms with Gasteiger partial charge in [-0.15, -0.1) is 0 Å². The van der Waals surface area contributed by atoms with E-state index in [1.807, 2.05) is 61.2 Å². The summed E-state index contributed by atoms with van der Waals surface area (Å²) in [7, 11) is 0. The molecule has 2 aromatic carbocycles. The molecule has 5 heteroatoms. The van der Waals surface area contributed by atoms with Gasteiger partial charge in [0.25, 0.3) is 0 Å². The van der Waals surface area contributed by atoms with Crippen LogP contribution in [0.25, 0.3) is 16.3 Å². The summed E-state index contributed by atoms with van der Waals surface area (Å²) < 4.78 is 11.3. The van der Waals surface area contributed by atoms with E-state index in [0.717, 1.165) is 29.4 Å². The Labute approximate surface area is 159 Å². The van der Waals surface area contributed by atoms with Crippen LogP contribution in [0.4, 0.5) is 0 Å². The van der Waals surface area contributed by atoms with Gasteiger partial charge in [-0.2, -0.15) is 5.26 Å². The fraction of sp³-hybridized carbons (Fsp3) is 0.273. The van der Waals surface area contributed by atoms with E-state index in [4.69, 9.17) is 9.47 Å². The van der Waals surface area contributed by atoms with Crippen molar-refractivity contribution in [3.63, 3.8) is 0 Å². The summed E-state index contributed by atoms with van der Waals surface area (Å²) in [5, 5.41) is 11.7. The number of nitrogens with zero attached hydrogens (tertiary/aromatic N) is 2. The number of carbonyl (C=O) groups is 1. The molecular weight excluding hydrogens is 340 g/mol.